The molecule has 0 radical (unpaired) electrons. The second-order valence-corrected chi connectivity index (χ2v) is 8.08. The fourth-order valence-electron chi connectivity index (χ4n) is 4.08. The summed E-state index contributed by atoms with van der Waals surface area (Å²) in [4.78, 5) is 20.7. The molecule has 5 nitrogen and oxygen atoms in total. The van der Waals surface area contributed by atoms with Crippen LogP contribution >= 0.6 is 0 Å². The molecule has 0 atom stereocenters. The van der Waals surface area contributed by atoms with E-state index in [0.29, 0.717) is 11.7 Å². The van der Waals surface area contributed by atoms with Crippen molar-refractivity contribution in [1.82, 2.24) is 14.8 Å². The highest BCUT2D eigenvalue weighted by atomic mass is 19.4. The lowest BCUT2D eigenvalue weighted by molar-refractivity contribution is -0.141. The summed E-state index contributed by atoms with van der Waals surface area (Å²) in [6, 6.07) is 3.09. The standard InChI is InChI=1S/C20H29F3N4O/c1-14(2)26-9-11-27(12-10-26)19(28)15-3-5-16(6-4-15)25-17-7-8-18(24-13-17)20(21,22)23/h7-8,13-16,25H,3-6,9-12H2,1-2H3/t15-,16-. The van der Waals surface area contributed by atoms with Gasteiger partial charge in [0.1, 0.15) is 5.69 Å². The Morgan fingerprint density at radius 2 is 1.75 bits per heavy atom. The number of carbonyl (C=O) groups excluding carboxylic acids is 1. The molecule has 28 heavy (non-hydrogen) atoms. The number of hydrogen-bond acceptors (Lipinski definition) is 4. The number of alkyl halides is 3. The van der Waals surface area contributed by atoms with E-state index < -0.39 is 11.9 Å². The number of aromatic nitrogens is 1. The lowest BCUT2D eigenvalue weighted by Gasteiger charge is -2.39. The largest absolute Gasteiger partial charge is 0.433 e. The zero-order valence-electron chi connectivity index (χ0n) is 16.5. The maximum absolute atomic E-state index is 12.8. The van der Waals surface area contributed by atoms with Crippen molar-refractivity contribution in [2.75, 3.05) is 31.5 Å². The number of piperazine rings is 1. The van der Waals surface area contributed by atoms with Gasteiger partial charge in [0.2, 0.25) is 5.91 Å². The number of anilines is 1. The fraction of sp³-hybridized carbons (Fsp3) is 0.700. The van der Waals surface area contributed by atoms with Gasteiger partial charge in [0.15, 0.2) is 0 Å². The molecule has 0 spiro atoms. The predicted molar refractivity (Wildman–Crippen MR) is 102 cm³/mol. The molecule has 1 aliphatic heterocycles. The van der Waals surface area contributed by atoms with E-state index in [0.717, 1.165) is 57.9 Å². The van der Waals surface area contributed by atoms with Crippen molar-refractivity contribution in [3.63, 3.8) is 0 Å². The Bertz CT molecular complexity index is 646. The van der Waals surface area contributed by atoms with Gasteiger partial charge in [-0.2, -0.15) is 13.2 Å². The second kappa shape index (κ2) is 8.68. The van der Waals surface area contributed by atoms with Crippen LogP contribution in [0.5, 0.6) is 0 Å². The van der Waals surface area contributed by atoms with Crippen LogP contribution < -0.4 is 5.32 Å². The van der Waals surface area contributed by atoms with Crippen molar-refractivity contribution in [1.29, 1.82) is 0 Å². The molecule has 2 heterocycles. The highest BCUT2D eigenvalue weighted by Gasteiger charge is 2.33. The molecule has 1 aliphatic carbocycles. The predicted octanol–water partition coefficient (Wildman–Crippen LogP) is 3.62. The SMILES string of the molecule is CC(C)N1CCN(C(=O)[C@H]2CC[C@H](Nc3ccc(C(F)(F)F)nc3)CC2)CC1. The molecule has 3 rings (SSSR count). The third-order valence-electron chi connectivity index (χ3n) is 5.86. The van der Waals surface area contributed by atoms with E-state index in [2.05, 4.69) is 29.0 Å². The van der Waals surface area contributed by atoms with Gasteiger partial charge in [-0.3, -0.25) is 9.69 Å². The topological polar surface area (TPSA) is 48.5 Å². The lowest BCUT2D eigenvalue weighted by atomic mass is 9.85. The minimum Gasteiger partial charge on any atom is -0.381 e. The summed E-state index contributed by atoms with van der Waals surface area (Å²) in [5, 5.41) is 3.26. The monoisotopic (exact) mass is 398 g/mol. The summed E-state index contributed by atoms with van der Waals surface area (Å²) < 4.78 is 37.8. The van der Waals surface area contributed by atoms with Gasteiger partial charge in [-0.15, -0.1) is 0 Å². The van der Waals surface area contributed by atoms with E-state index in [4.69, 9.17) is 0 Å². The molecule has 8 heteroatoms. The van der Waals surface area contributed by atoms with Crippen molar-refractivity contribution in [3.8, 4) is 0 Å². The van der Waals surface area contributed by atoms with E-state index in [1.54, 1.807) is 0 Å². The van der Waals surface area contributed by atoms with Crippen LogP contribution in [0.25, 0.3) is 0 Å². The van der Waals surface area contributed by atoms with Crippen molar-refractivity contribution in [2.45, 2.75) is 57.8 Å². The number of rotatable bonds is 4. The molecule has 1 saturated carbocycles. The van der Waals surface area contributed by atoms with Gasteiger partial charge in [0.05, 0.1) is 11.9 Å². The van der Waals surface area contributed by atoms with E-state index in [1.807, 2.05) is 4.90 Å². The number of halogens is 3. The molecule has 1 amide bonds. The van der Waals surface area contributed by atoms with E-state index >= 15 is 0 Å². The van der Waals surface area contributed by atoms with Crippen LogP contribution in [0.1, 0.15) is 45.2 Å². The summed E-state index contributed by atoms with van der Waals surface area (Å²) in [5.74, 6) is 0.326. The summed E-state index contributed by atoms with van der Waals surface area (Å²) >= 11 is 0. The summed E-state index contributed by atoms with van der Waals surface area (Å²) in [7, 11) is 0. The Kier molecular flexibility index (Phi) is 6.47. The Morgan fingerprint density at radius 1 is 1.11 bits per heavy atom. The maximum Gasteiger partial charge on any atom is 0.433 e. The normalized spacial score (nSPS) is 24.4. The molecule has 2 fully saturated rings. The zero-order chi connectivity index (χ0) is 20.3. The van der Waals surface area contributed by atoms with Gasteiger partial charge in [0, 0.05) is 44.2 Å². The van der Waals surface area contributed by atoms with Crippen LogP contribution in [0.15, 0.2) is 18.3 Å². The van der Waals surface area contributed by atoms with Gasteiger partial charge in [0.25, 0.3) is 0 Å². The van der Waals surface area contributed by atoms with Gasteiger partial charge < -0.3 is 10.2 Å². The van der Waals surface area contributed by atoms with E-state index in [1.165, 1.54) is 12.3 Å². The van der Waals surface area contributed by atoms with Crippen LogP contribution in [0.2, 0.25) is 0 Å². The second-order valence-electron chi connectivity index (χ2n) is 8.08. The molecule has 1 N–H and O–H groups in total. The minimum atomic E-state index is -4.42. The van der Waals surface area contributed by atoms with Crippen molar-refractivity contribution >= 4 is 11.6 Å². The van der Waals surface area contributed by atoms with Crippen molar-refractivity contribution < 1.29 is 18.0 Å². The molecule has 1 aromatic heterocycles. The number of carbonyl (C=O) groups is 1. The Morgan fingerprint density at radius 3 is 2.25 bits per heavy atom. The van der Waals surface area contributed by atoms with E-state index in [9.17, 15) is 18.0 Å². The Hall–Kier alpha value is -1.83. The first-order valence-corrected chi connectivity index (χ1v) is 10.1. The number of pyridine rings is 1. The lowest BCUT2D eigenvalue weighted by Crippen LogP contribution is -2.52. The molecule has 0 bridgehead atoms. The molecule has 0 aromatic carbocycles. The first-order chi connectivity index (χ1) is 13.2. The average molecular weight is 398 g/mol. The van der Waals surface area contributed by atoms with Crippen LogP contribution in [-0.4, -0.2) is 59.0 Å². The summed E-state index contributed by atoms with van der Waals surface area (Å²) in [5.41, 5.74) is -0.294. The molecule has 0 unspecified atom stereocenters. The Balaban J connectivity index is 1.45. The minimum absolute atomic E-state index is 0.0642. The van der Waals surface area contributed by atoms with Crippen molar-refractivity contribution in [2.24, 2.45) is 5.92 Å². The summed E-state index contributed by atoms with van der Waals surface area (Å²) in [6.07, 6.45) is 0.114. The number of amides is 1. The highest BCUT2D eigenvalue weighted by Crippen LogP contribution is 2.30. The van der Waals surface area contributed by atoms with Gasteiger partial charge in [-0.25, -0.2) is 4.98 Å². The number of hydrogen-bond donors (Lipinski definition) is 1. The van der Waals surface area contributed by atoms with Crippen LogP contribution in [-0.2, 0) is 11.0 Å². The van der Waals surface area contributed by atoms with Crippen LogP contribution in [0.3, 0.4) is 0 Å². The molecule has 156 valence electrons. The first-order valence-electron chi connectivity index (χ1n) is 10.1. The highest BCUT2D eigenvalue weighted by molar-refractivity contribution is 5.79. The summed E-state index contributed by atoms with van der Waals surface area (Å²) in [6.45, 7) is 7.82. The molecular weight excluding hydrogens is 369 g/mol. The average Bonchev–Trinajstić information content (AvgIpc) is 2.68. The first kappa shape index (κ1) is 20.9. The number of nitrogens with one attached hydrogen (secondary N) is 1. The Labute approximate surface area is 164 Å². The van der Waals surface area contributed by atoms with Gasteiger partial charge in [-0.05, 0) is 51.7 Å². The van der Waals surface area contributed by atoms with Gasteiger partial charge >= 0.3 is 6.18 Å². The fourth-order valence-corrected chi connectivity index (χ4v) is 4.08. The number of nitrogens with zero attached hydrogens (tertiary/aromatic N) is 3. The third kappa shape index (κ3) is 5.16. The van der Waals surface area contributed by atoms with Crippen LogP contribution in [0.4, 0.5) is 18.9 Å². The maximum atomic E-state index is 12.8. The van der Waals surface area contributed by atoms with Crippen molar-refractivity contribution in [3.05, 3.63) is 24.0 Å². The van der Waals surface area contributed by atoms with E-state index in [-0.39, 0.29) is 17.9 Å². The van der Waals surface area contributed by atoms with Crippen LogP contribution in [0, 0.1) is 5.92 Å². The quantitative estimate of drug-likeness (QED) is 0.842. The molecular formula is C20H29F3N4O. The molecule has 1 saturated heterocycles. The smallest absolute Gasteiger partial charge is 0.381 e. The zero-order valence-corrected chi connectivity index (χ0v) is 16.5. The third-order valence-corrected chi connectivity index (χ3v) is 5.86. The molecule has 1 aromatic rings. The molecule has 2 aliphatic rings. The van der Waals surface area contributed by atoms with Gasteiger partial charge in [-0.1, -0.05) is 0 Å².